The van der Waals surface area contributed by atoms with Gasteiger partial charge in [-0.05, 0) is 20.3 Å². The molecule has 0 fully saturated rings. The van der Waals surface area contributed by atoms with Crippen LogP contribution < -0.4 is 11.1 Å². The maximum atomic E-state index is 11.5. The van der Waals surface area contributed by atoms with Gasteiger partial charge in [-0.3, -0.25) is 4.79 Å². The van der Waals surface area contributed by atoms with E-state index in [2.05, 4.69) is 5.32 Å². The third-order valence-electron chi connectivity index (χ3n) is 2.63. The van der Waals surface area contributed by atoms with Crippen molar-refractivity contribution >= 4 is 5.91 Å². The summed E-state index contributed by atoms with van der Waals surface area (Å²) in [5, 5.41) is 12.6. The third-order valence-corrected chi connectivity index (χ3v) is 2.63. The van der Waals surface area contributed by atoms with Crippen LogP contribution in [0.15, 0.2) is 0 Å². The molecule has 0 aromatic carbocycles. The molecule has 15 heavy (non-hydrogen) atoms. The second kappa shape index (κ2) is 6.08. The van der Waals surface area contributed by atoms with E-state index >= 15 is 0 Å². The molecule has 3 unspecified atom stereocenters. The molecule has 1 amide bonds. The molecule has 0 rings (SSSR count). The lowest BCUT2D eigenvalue weighted by Crippen LogP contribution is -2.45. The summed E-state index contributed by atoms with van der Waals surface area (Å²) in [6.45, 7) is 7.61. The summed E-state index contributed by atoms with van der Waals surface area (Å²) in [6, 6.07) is -0.166. The van der Waals surface area contributed by atoms with E-state index in [-0.39, 0.29) is 24.4 Å². The van der Waals surface area contributed by atoms with E-state index in [1.165, 1.54) is 0 Å². The van der Waals surface area contributed by atoms with Gasteiger partial charge in [0.25, 0.3) is 0 Å². The number of carbonyl (C=O) groups is 1. The topological polar surface area (TPSA) is 75.3 Å². The predicted octanol–water partition coefficient (Wildman–Crippen LogP) is 0.637. The van der Waals surface area contributed by atoms with Crippen LogP contribution in [-0.4, -0.2) is 29.2 Å². The number of amides is 1. The molecule has 0 heterocycles. The summed E-state index contributed by atoms with van der Waals surface area (Å²) in [6.07, 6.45) is 1.57. The van der Waals surface area contributed by atoms with Crippen LogP contribution in [0.4, 0.5) is 0 Å². The largest absolute Gasteiger partial charge is 0.388 e. The number of nitrogens with one attached hydrogen (secondary N) is 1. The lowest BCUT2D eigenvalue weighted by Gasteiger charge is -2.24. The van der Waals surface area contributed by atoms with Crippen LogP contribution in [0.5, 0.6) is 0 Å². The van der Waals surface area contributed by atoms with Gasteiger partial charge in [-0.2, -0.15) is 0 Å². The fourth-order valence-electron chi connectivity index (χ4n) is 1.30. The van der Waals surface area contributed by atoms with E-state index < -0.39 is 5.60 Å². The van der Waals surface area contributed by atoms with Crippen molar-refractivity contribution in [3.05, 3.63) is 0 Å². The molecule has 0 saturated carbocycles. The Kier molecular flexibility index (Phi) is 5.83. The average molecular weight is 216 g/mol. The molecule has 4 N–H and O–H groups in total. The second-order valence-corrected chi connectivity index (χ2v) is 4.61. The summed E-state index contributed by atoms with van der Waals surface area (Å²) in [4.78, 5) is 11.5. The van der Waals surface area contributed by atoms with Gasteiger partial charge in [0.1, 0.15) is 0 Å². The average Bonchev–Trinajstić information content (AvgIpc) is 2.13. The maximum absolute atomic E-state index is 11.5. The van der Waals surface area contributed by atoms with E-state index in [1.54, 1.807) is 20.8 Å². The zero-order valence-corrected chi connectivity index (χ0v) is 10.2. The minimum atomic E-state index is -0.817. The van der Waals surface area contributed by atoms with Crippen LogP contribution in [0.1, 0.15) is 40.5 Å². The predicted molar refractivity (Wildman–Crippen MR) is 61.4 cm³/mol. The molecule has 0 saturated heterocycles. The van der Waals surface area contributed by atoms with Gasteiger partial charge in [0.15, 0.2) is 0 Å². The fourth-order valence-corrected chi connectivity index (χ4v) is 1.30. The van der Waals surface area contributed by atoms with Gasteiger partial charge in [0, 0.05) is 18.5 Å². The molecule has 0 bridgehead atoms. The summed E-state index contributed by atoms with van der Waals surface area (Å²) in [7, 11) is 0. The molecule has 4 nitrogen and oxygen atoms in total. The highest BCUT2D eigenvalue weighted by Crippen LogP contribution is 2.10. The highest BCUT2D eigenvalue weighted by atomic mass is 16.3. The number of hydrogen-bond acceptors (Lipinski definition) is 3. The van der Waals surface area contributed by atoms with Crippen LogP contribution in [0, 0.1) is 5.92 Å². The van der Waals surface area contributed by atoms with Crippen molar-refractivity contribution in [3.8, 4) is 0 Å². The Morgan fingerprint density at radius 3 is 2.47 bits per heavy atom. The molecule has 0 aliphatic rings. The van der Waals surface area contributed by atoms with Crippen LogP contribution in [0.25, 0.3) is 0 Å². The summed E-state index contributed by atoms with van der Waals surface area (Å²) in [5.41, 5.74) is 4.79. The smallest absolute Gasteiger partial charge is 0.224 e. The molecule has 0 aliphatic carbocycles. The monoisotopic (exact) mass is 216 g/mol. The van der Waals surface area contributed by atoms with Crippen LogP contribution in [-0.2, 0) is 4.79 Å². The maximum Gasteiger partial charge on any atom is 0.224 e. The van der Waals surface area contributed by atoms with Crippen molar-refractivity contribution in [1.82, 2.24) is 5.32 Å². The molecule has 0 aromatic rings. The number of hydrogen-bond donors (Lipinski definition) is 3. The van der Waals surface area contributed by atoms with Gasteiger partial charge < -0.3 is 16.2 Å². The minimum absolute atomic E-state index is 0.0959. The molecule has 4 heteroatoms. The zero-order valence-electron chi connectivity index (χ0n) is 10.2. The van der Waals surface area contributed by atoms with Gasteiger partial charge in [-0.15, -0.1) is 0 Å². The Hall–Kier alpha value is -0.610. The zero-order chi connectivity index (χ0) is 12.1. The lowest BCUT2D eigenvalue weighted by molar-refractivity contribution is -0.126. The quantitative estimate of drug-likeness (QED) is 0.610. The highest BCUT2D eigenvalue weighted by molar-refractivity contribution is 5.78. The van der Waals surface area contributed by atoms with Gasteiger partial charge in [0.05, 0.1) is 5.60 Å². The molecule has 0 aliphatic heterocycles. The standard InChI is InChI=1S/C11H24N2O2/c1-5-6-11(4,15)7-13-10(14)8(2)9(3)12/h8-9,15H,5-7,12H2,1-4H3,(H,13,14). The number of carbonyl (C=O) groups excluding carboxylic acids is 1. The van der Waals surface area contributed by atoms with Crippen molar-refractivity contribution in [2.45, 2.75) is 52.2 Å². The Morgan fingerprint density at radius 1 is 1.53 bits per heavy atom. The van der Waals surface area contributed by atoms with Crippen LogP contribution in [0.3, 0.4) is 0 Å². The second-order valence-electron chi connectivity index (χ2n) is 4.61. The van der Waals surface area contributed by atoms with Crippen LogP contribution in [0.2, 0.25) is 0 Å². The van der Waals surface area contributed by atoms with Crippen LogP contribution >= 0.6 is 0 Å². The van der Waals surface area contributed by atoms with E-state index in [9.17, 15) is 9.90 Å². The Labute approximate surface area is 92.2 Å². The molecule has 3 atom stereocenters. The number of rotatable bonds is 6. The summed E-state index contributed by atoms with van der Waals surface area (Å²) >= 11 is 0. The van der Waals surface area contributed by atoms with E-state index in [0.717, 1.165) is 6.42 Å². The molecule has 0 spiro atoms. The van der Waals surface area contributed by atoms with Crippen molar-refractivity contribution < 1.29 is 9.90 Å². The molecular formula is C11H24N2O2. The highest BCUT2D eigenvalue weighted by Gasteiger charge is 2.22. The van der Waals surface area contributed by atoms with Crippen molar-refractivity contribution in [3.63, 3.8) is 0 Å². The van der Waals surface area contributed by atoms with E-state index in [4.69, 9.17) is 5.73 Å². The van der Waals surface area contributed by atoms with Gasteiger partial charge in [-0.1, -0.05) is 20.3 Å². The van der Waals surface area contributed by atoms with E-state index in [1.807, 2.05) is 6.92 Å². The first-order valence-corrected chi connectivity index (χ1v) is 5.56. The Morgan fingerprint density at radius 2 is 2.07 bits per heavy atom. The van der Waals surface area contributed by atoms with Crippen molar-refractivity contribution in [2.75, 3.05) is 6.54 Å². The molecule has 0 radical (unpaired) electrons. The Bertz CT molecular complexity index is 203. The third kappa shape index (κ3) is 5.74. The van der Waals surface area contributed by atoms with Gasteiger partial charge >= 0.3 is 0 Å². The fraction of sp³-hybridized carbons (Fsp3) is 0.909. The molecular weight excluding hydrogens is 192 g/mol. The minimum Gasteiger partial charge on any atom is -0.388 e. The summed E-state index contributed by atoms with van der Waals surface area (Å²) < 4.78 is 0. The number of nitrogens with two attached hydrogens (primary N) is 1. The lowest BCUT2D eigenvalue weighted by atomic mass is 9.99. The van der Waals surface area contributed by atoms with Gasteiger partial charge in [-0.25, -0.2) is 0 Å². The van der Waals surface area contributed by atoms with E-state index in [0.29, 0.717) is 6.42 Å². The van der Waals surface area contributed by atoms with Crippen molar-refractivity contribution in [1.29, 1.82) is 0 Å². The first kappa shape index (κ1) is 14.4. The number of aliphatic hydroxyl groups is 1. The normalized spacial score (nSPS) is 19.1. The molecule has 90 valence electrons. The van der Waals surface area contributed by atoms with Crippen molar-refractivity contribution in [2.24, 2.45) is 11.7 Å². The first-order chi connectivity index (χ1) is 6.80. The first-order valence-electron chi connectivity index (χ1n) is 5.56. The Balaban J connectivity index is 4.00. The molecule has 0 aromatic heterocycles. The van der Waals surface area contributed by atoms with Gasteiger partial charge in [0.2, 0.25) is 5.91 Å². The summed E-state index contributed by atoms with van der Waals surface area (Å²) in [5.74, 6) is -0.316. The SMILES string of the molecule is CCCC(C)(O)CNC(=O)C(C)C(C)N.